The van der Waals surface area contributed by atoms with Crippen molar-refractivity contribution in [3.63, 3.8) is 0 Å². The van der Waals surface area contributed by atoms with Gasteiger partial charge in [0.2, 0.25) is 5.91 Å². The molecule has 0 spiro atoms. The summed E-state index contributed by atoms with van der Waals surface area (Å²) >= 11 is 0. The molecule has 3 aromatic carbocycles. The van der Waals surface area contributed by atoms with Crippen molar-refractivity contribution in [3.8, 4) is 11.4 Å². The Labute approximate surface area is 185 Å². The number of fused-ring (bicyclic) bond motifs is 1. The van der Waals surface area contributed by atoms with E-state index < -0.39 is 0 Å². The second-order valence-electron chi connectivity index (χ2n) is 7.52. The zero-order valence-corrected chi connectivity index (χ0v) is 17.3. The van der Waals surface area contributed by atoms with Gasteiger partial charge in [-0.15, -0.1) is 0 Å². The Morgan fingerprint density at radius 2 is 1.41 bits per heavy atom. The predicted octanol–water partition coefficient (Wildman–Crippen LogP) is 4.72. The minimum atomic E-state index is -0.146. The molecule has 1 amide bonds. The normalized spacial score (nSPS) is 10.9. The first-order valence-corrected chi connectivity index (χ1v) is 10.4. The van der Waals surface area contributed by atoms with E-state index in [4.69, 9.17) is 4.98 Å². The molecule has 0 aliphatic heterocycles. The van der Waals surface area contributed by atoms with Gasteiger partial charge in [-0.3, -0.25) is 9.48 Å². The Bertz CT molecular complexity index is 1350. The van der Waals surface area contributed by atoms with Gasteiger partial charge in [0.15, 0.2) is 17.2 Å². The molecule has 0 saturated carbocycles. The Morgan fingerprint density at radius 3 is 2.09 bits per heavy atom. The standard InChI is InChI=1S/C26H21N5O/c32-23(16-19-10-4-1-5-11-19)28-26-24-22(27-25(29-26)21-14-8-3-9-15-21)18-31(30-24)17-20-12-6-2-7-13-20/h1-15,18H,16-17H2,(H,27,28,29,32). The maximum Gasteiger partial charge on any atom is 0.230 e. The molecule has 0 bridgehead atoms. The fourth-order valence-corrected chi connectivity index (χ4v) is 3.57. The molecular formula is C26H21N5O. The number of benzene rings is 3. The van der Waals surface area contributed by atoms with Crippen LogP contribution in [0.5, 0.6) is 0 Å². The van der Waals surface area contributed by atoms with Gasteiger partial charge in [0, 0.05) is 5.56 Å². The van der Waals surface area contributed by atoms with E-state index >= 15 is 0 Å². The number of anilines is 1. The van der Waals surface area contributed by atoms with Gasteiger partial charge in [0.1, 0.15) is 5.52 Å². The van der Waals surface area contributed by atoms with Crippen molar-refractivity contribution in [2.75, 3.05) is 5.32 Å². The number of carbonyl (C=O) groups excluding carboxylic acids is 1. The molecule has 2 heterocycles. The molecule has 32 heavy (non-hydrogen) atoms. The number of hydrogen-bond donors (Lipinski definition) is 1. The van der Waals surface area contributed by atoms with Gasteiger partial charge in [-0.2, -0.15) is 5.10 Å². The van der Waals surface area contributed by atoms with Crippen LogP contribution in [-0.2, 0) is 17.8 Å². The van der Waals surface area contributed by atoms with Crippen LogP contribution < -0.4 is 5.32 Å². The van der Waals surface area contributed by atoms with Crippen molar-refractivity contribution >= 4 is 22.8 Å². The summed E-state index contributed by atoms with van der Waals surface area (Å²) < 4.78 is 1.83. The third-order valence-corrected chi connectivity index (χ3v) is 5.10. The molecule has 6 heteroatoms. The van der Waals surface area contributed by atoms with E-state index in [0.29, 0.717) is 29.2 Å². The van der Waals surface area contributed by atoms with E-state index in [1.807, 2.05) is 89.7 Å². The molecule has 1 N–H and O–H groups in total. The summed E-state index contributed by atoms with van der Waals surface area (Å²) in [7, 11) is 0. The molecule has 0 unspecified atom stereocenters. The summed E-state index contributed by atoms with van der Waals surface area (Å²) in [6, 6.07) is 29.5. The Hall–Kier alpha value is -4.32. The number of rotatable bonds is 6. The van der Waals surface area contributed by atoms with Crippen LogP contribution in [0.4, 0.5) is 5.82 Å². The number of nitrogens with one attached hydrogen (secondary N) is 1. The van der Waals surface area contributed by atoms with Crippen LogP contribution in [0.1, 0.15) is 11.1 Å². The minimum absolute atomic E-state index is 0.146. The first-order valence-electron chi connectivity index (χ1n) is 10.4. The smallest absolute Gasteiger partial charge is 0.230 e. The van der Waals surface area contributed by atoms with Crippen LogP contribution in [0.15, 0.2) is 97.2 Å². The van der Waals surface area contributed by atoms with Gasteiger partial charge in [0.25, 0.3) is 0 Å². The monoisotopic (exact) mass is 419 g/mol. The highest BCUT2D eigenvalue weighted by molar-refractivity contribution is 5.98. The molecule has 156 valence electrons. The second kappa shape index (κ2) is 8.81. The fraction of sp³-hybridized carbons (Fsp3) is 0.0769. The van der Waals surface area contributed by atoms with Crippen LogP contribution >= 0.6 is 0 Å². The maximum atomic E-state index is 12.8. The molecule has 6 nitrogen and oxygen atoms in total. The summed E-state index contributed by atoms with van der Waals surface area (Å²) in [5.74, 6) is 0.821. The highest BCUT2D eigenvalue weighted by Crippen LogP contribution is 2.24. The number of amides is 1. The van der Waals surface area contributed by atoms with Crippen molar-refractivity contribution in [1.29, 1.82) is 0 Å². The second-order valence-corrected chi connectivity index (χ2v) is 7.52. The van der Waals surface area contributed by atoms with Crippen molar-refractivity contribution in [1.82, 2.24) is 19.7 Å². The average Bonchev–Trinajstić information content (AvgIpc) is 3.23. The Morgan fingerprint density at radius 1 is 0.781 bits per heavy atom. The van der Waals surface area contributed by atoms with E-state index in [-0.39, 0.29) is 12.3 Å². The van der Waals surface area contributed by atoms with Gasteiger partial charge >= 0.3 is 0 Å². The Balaban J connectivity index is 1.51. The van der Waals surface area contributed by atoms with Crippen molar-refractivity contribution < 1.29 is 4.79 Å². The zero-order valence-electron chi connectivity index (χ0n) is 17.3. The average molecular weight is 419 g/mol. The van der Waals surface area contributed by atoms with E-state index in [1.54, 1.807) is 0 Å². The van der Waals surface area contributed by atoms with Crippen LogP contribution in [0, 0.1) is 0 Å². The lowest BCUT2D eigenvalue weighted by molar-refractivity contribution is -0.115. The van der Waals surface area contributed by atoms with Crippen LogP contribution in [0.25, 0.3) is 22.4 Å². The van der Waals surface area contributed by atoms with Gasteiger partial charge < -0.3 is 5.32 Å². The molecule has 0 atom stereocenters. The summed E-state index contributed by atoms with van der Waals surface area (Å²) in [5, 5.41) is 7.63. The number of hydrogen-bond acceptors (Lipinski definition) is 4. The first kappa shape index (κ1) is 19.6. The molecule has 0 fully saturated rings. The van der Waals surface area contributed by atoms with Gasteiger partial charge in [-0.25, -0.2) is 9.97 Å². The van der Waals surface area contributed by atoms with Crippen LogP contribution in [0.2, 0.25) is 0 Å². The first-order chi connectivity index (χ1) is 15.7. The van der Waals surface area contributed by atoms with Crippen molar-refractivity contribution in [3.05, 3.63) is 108 Å². The molecule has 0 aliphatic rings. The zero-order chi connectivity index (χ0) is 21.8. The van der Waals surface area contributed by atoms with E-state index in [0.717, 1.165) is 16.7 Å². The third-order valence-electron chi connectivity index (χ3n) is 5.10. The molecule has 0 saturated heterocycles. The van der Waals surface area contributed by atoms with Gasteiger partial charge in [0.05, 0.1) is 19.2 Å². The predicted molar refractivity (Wildman–Crippen MR) is 125 cm³/mol. The van der Waals surface area contributed by atoms with Crippen LogP contribution in [0.3, 0.4) is 0 Å². The number of aromatic nitrogens is 4. The molecule has 5 rings (SSSR count). The lowest BCUT2D eigenvalue weighted by Gasteiger charge is -2.07. The molecule has 2 aromatic heterocycles. The van der Waals surface area contributed by atoms with Gasteiger partial charge in [-0.1, -0.05) is 91.0 Å². The number of carbonyl (C=O) groups is 1. The largest absolute Gasteiger partial charge is 0.308 e. The quantitative estimate of drug-likeness (QED) is 0.432. The summed E-state index contributed by atoms with van der Waals surface area (Å²) in [4.78, 5) is 22.1. The fourth-order valence-electron chi connectivity index (χ4n) is 3.57. The summed E-state index contributed by atoms with van der Waals surface area (Å²) in [6.45, 7) is 0.606. The van der Waals surface area contributed by atoms with E-state index in [1.165, 1.54) is 0 Å². The Kier molecular flexibility index (Phi) is 5.41. The van der Waals surface area contributed by atoms with E-state index in [2.05, 4.69) is 27.5 Å². The lowest BCUT2D eigenvalue weighted by Crippen LogP contribution is -2.16. The van der Waals surface area contributed by atoms with E-state index in [9.17, 15) is 4.79 Å². The SMILES string of the molecule is O=C(Cc1ccccc1)Nc1nc(-c2ccccc2)nc2cn(Cc3ccccc3)nc12. The maximum absolute atomic E-state index is 12.8. The summed E-state index contributed by atoms with van der Waals surface area (Å²) in [6.07, 6.45) is 2.15. The molecule has 0 aliphatic carbocycles. The molecule has 0 radical (unpaired) electrons. The number of nitrogens with zero attached hydrogens (tertiary/aromatic N) is 4. The highest BCUT2D eigenvalue weighted by atomic mass is 16.1. The highest BCUT2D eigenvalue weighted by Gasteiger charge is 2.16. The van der Waals surface area contributed by atoms with Gasteiger partial charge in [-0.05, 0) is 11.1 Å². The lowest BCUT2D eigenvalue weighted by atomic mass is 10.1. The minimum Gasteiger partial charge on any atom is -0.308 e. The topological polar surface area (TPSA) is 72.7 Å². The van der Waals surface area contributed by atoms with Crippen molar-refractivity contribution in [2.45, 2.75) is 13.0 Å². The third kappa shape index (κ3) is 4.39. The van der Waals surface area contributed by atoms with Crippen LogP contribution in [-0.4, -0.2) is 25.7 Å². The van der Waals surface area contributed by atoms with Crippen molar-refractivity contribution in [2.24, 2.45) is 0 Å². The molecular weight excluding hydrogens is 398 g/mol. The molecule has 5 aromatic rings. The summed E-state index contributed by atoms with van der Waals surface area (Å²) in [5.41, 5.74) is 4.20.